The van der Waals surface area contributed by atoms with Crippen LogP contribution in [0.5, 0.6) is 0 Å². The van der Waals surface area contributed by atoms with Gasteiger partial charge in [0.2, 0.25) is 4.38 Å². The Morgan fingerprint density at radius 3 is 2.06 bits per heavy atom. The van der Waals surface area contributed by atoms with Gasteiger partial charge in [-0.25, -0.2) is 0 Å². The highest BCUT2D eigenvalue weighted by Crippen LogP contribution is 2.38. The molecule has 16 heavy (non-hydrogen) atoms. The van der Waals surface area contributed by atoms with Gasteiger partial charge in [0.15, 0.2) is 0 Å². The van der Waals surface area contributed by atoms with Crippen LogP contribution in [0, 0.1) is 0 Å². The quantitative estimate of drug-likeness (QED) is 0.452. The second-order valence-electron chi connectivity index (χ2n) is 4.74. The van der Waals surface area contributed by atoms with Crippen molar-refractivity contribution in [3.05, 3.63) is 0 Å². The molecule has 0 aliphatic carbocycles. The van der Waals surface area contributed by atoms with Crippen molar-refractivity contribution in [1.82, 2.24) is 0 Å². The summed E-state index contributed by atoms with van der Waals surface area (Å²) < 4.78 is 6.71. The molecule has 0 saturated carbocycles. The van der Waals surface area contributed by atoms with Crippen molar-refractivity contribution >= 4 is 28.4 Å². The minimum atomic E-state index is 0.0894. The van der Waals surface area contributed by atoms with Crippen molar-refractivity contribution in [2.24, 2.45) is 0 Å². The Labute approximate surface area is 110 Å². The van der Waals surface area contributed by atoms with E-state index in [0.29, 0.717) is 0 Å². The van der Waals surface area contributed by atoms with E-state index in [1.165, 1.54) is 51.4 Å². The minimum Gasteiger partial charge on any atom is -0.471 e. The molecule has 0 aromatic rings. The van der Waals surface area contributed by atoms with Crippen LogP contribution < -0.4 is 0 Å². The molecule has 1 saturated heterocycles. The molecule has 0 radical (unpaired) electrons. The first kappa shape index (κ1) is 14.3. The van der Waals surface area contributed by atoms with Gasteiger partial charge in [0.05, 0.1) is 0 Å². The molecule has 1 fully saturated rings. The number of unbranched alkanes of at least 4 members (excludes halogenated alkanes) is 4. The number of ether oxygens (including phenoxy) is 1. The summed E-state index contributed by atoms with van der Waals surface area (Å²) >= 11 is 6.90. The molecule has 1 rings (SSSR count). The maximum Gasteiger partial charge on any atom is 0.220 e. The molecule has 1 aliphatic rings. The monoisotopic (exact) mass is 260 g/mol. The van der Waals surface area contributed by atoms with Gasteiger partial charge < -0.3 is 4.74 Å². The van der Waals surface area contributed by atoms with Gasteiger partial charge in [0, 0.05) is 5.75 Å². The molecule has 1 aliphatic heterocycles. The van der Waals surface area contributed by atoms with Crippen molar-refractivity contribution in [1.29, 1.82) is 0 Å². The van der Waals surface area contributed by atoms with Crippen molar-refractivity contribution in [3.8, 4) is 0 Å². The maximum absolute atomic E-state index is 5.94. The number of hydrogen-bond acceptors (Lipinski definition) is 3. The fourth-order valence-corrected chi connectivity index (χ4v) is 3.51. The highest BCUT2D eigenvalue weighted by Gasteiger charge is 2.37. The Bertz CT molecular complexity index is 206. The average Bonchev–Trinajstić information content (AvgIpc) is 2.62. The van der Waals surface area contributed by atoms with E-state index in [0.717, 1.165) is 10.1 Å². The highest BCUT2D eigenvalue weighted by atomic mass is 32.2. The van der Waals surface area contributed by atoms with Gasteiger partial charge >= 0.3 is 0 Å². The van der Waals surface area contributed by atoms with Crippen LogP contribution in [0.1, 0.15) is 65.2 Å². The molecule has 0 aromatic heterocycles. The van der Waals surface area contributed by atoms with Crippen LogP contribution in [-0.4, -0.2) is 15.7 Å². The fraction of sp³-hybridized carbons (Fsp3) is 0.923. The first-order chi connectivity index (χ1) is 7.72. The first-order valence-corrected chi connectivity index (χ1v) is 7.97. The van der Waals surface area contributed by atoms with E-state index in [4.69, 9.17) is 17.0 Å². The maximum atomic E-state index is 5.94. The van der Waals surface area contributed by atoms with Crippen molar-refractivity contribution in [2.45, 2.75) is 70.8 Å². The highest BCUT2D eigenvalue weighted by molar-refractivity contribution is 8.22. The third-order valence-electron chi connectivity index (χ3n) is 3.22. The van der Waals surface area contributed by atoms with Crippen molar-refractivity contribution < 1.29 is 4.74 Å². The summed E-state index contributed by atoms with van der Waals surface area (Å²) in [4.78, 5) is 0. The van der Waals surface area contributed by atoms with E-state index in [9.17, 15) is 0 Å². The third-order valence-corrected chi connectivity index (χ3v) is 4.65. The molecular formula is C13H24OS2. The standard InChI is InChI=1S/C13H24OS2/c1-3-5-7-9-13(10-8-6-4-2)11-16-12(15)14-13/h3-11H2,1-2H3. The number of rotatable bonds is 8. The summed E-state index contributed by atoms with van der Waals surface area (Å²) in [6, 6.07) is 0. The molecule has 0 aromatic carbocycles. The Hall–Kier alpha value is 0.240. The second kappa shape index (κ2) is 7.54. The summed E-state index contributed by atoms with van der Waals surface area (Å²) in [7, 11) is 0. The predicted octanol–water partition coefficient (Wildman–Crippen LogP) is 4.93. The largest absolute Gasteiger partial charge is 0.471 e. The number of thioether (sulfide) groups is 1. The lowest BCUT2D eigenvalue weighted by Crippen LogP contribution is -2.31. The van der Waals surface area contributed by atoms with Gasteiger partial charge in [-0.15, -0.1) is 0 Å². The lowest BCUT2D eigenvalue weighted by atomic mass is 9.91. The van der Waals surface area contributed by atoms with E-state index in [-0.39, 0.29) is 5.60 Å². The summed E-state index contributed by atoms with van der Waals surface area (Å²) in [6.45, 7) is 4.50. The van der Waals surface area contributed by atoms with E-state index in [1.807, 2.05) is 0 Å². The fourth-order valence-electron chi connectivity index (χ4n) is 2.19. The molecule has 0 amide bonds. The van der Waals surface area contributed by atoms with Crippen LogP contribution >= 0.6 is 24.0 Å². The average molecular weight is 260 g/mol. The lowest BCUT2D eigenvalue weighted by Gasteiger charge is -2.27. The van der Waals surface area contributed by atoms with Crippen LogP contribution in [-0.2, 0) is 4.74 Å². The van der Waals surface area contributed by atoms with Crippen LogP contribution in [0.4, 0.5) is 0 Å². The zero-order chi connectivity index (χ0) is 11.9. The zero-order valence-electron chi connectivity index (χ0n) is 10.6. The van der Waals surface area contributed by atoms with Gasteiger partial charge in [-0.05, 0) is 37.9 Å². The summed E-state index contributed by atoms with van der Waals surface area (Å²) in [5.74, 6) is 1.08. The molecule has 0 bridgehead atoms. The van der Waals surface area contributed by atoms with Gasteiger partial charge in [-0.3, -0.25) is 0 Å². The van der Waals surface area contributed by atoms with Crippen molar-refractivity contribution in [2.75, 3.05) is 5.75 Å². The van der Waals surface area contributed by atoms with Gasteiger partial charge in [0.1, 0.15) is 5.60 Å². The number of thiocarbonyl (C=S) groups is 1. The summed E-state index contributed by atoms with van der Waals surface area (Å²) in [5, 5.41) is 0. The molecular weight excluding hydrogens is 236 g/mol. The summed E-state index contributed by atoms with van der Waals surface area (Å²) in [6.07, 6.45) is 10.1. The SMILES string of the molecule is CCCCCC1(CCCCC)CSC(=S)O1. The van der Waals surface area contributed by atoms with Crippen LogP contribution in [0.25, 0.3) is 0 Å². The van der Waals surface area contributed by atoms with Crippen molar-refractivity contribution in [3.63, 3.8) is 0 Å². The summed E-state index contributed by atoms with van der Waals surface area (Å²) in [5.41, 5.74) is 0.0894. The topological polar surface area (TPSA) is 9.23 Å². The lowest BCUT2D eigenvalue weighted by molar-refractivity contribution is 0.0726. The molecule has 0 unspecified atom stereocenters. The van der Waals surface area contributed by atoms with Gasteiger partial charge in [-0.1, -0.05) is 51.3 Å². The molecule has 0 N–H and O–H groups in total. The smallest absolute Gasteiger partial charge is 0.220 e. The van der Waals surface area contributed by atoms with E-state index < -0.39 is 0 Å². The first-order valence-electron chi connectivity index (χ1n) is 6.58. The Balaban J connectivity index is 2.38. The molecule has 1 nitrogen and oxygen atoms in total. The second-order valence-corrected chi connectivity index (χ2v) is 6.32. The zero-order valence-corrected chi connectivity index (χ0v) is 12.2. The van der Waals surface area contributed by atoms with Gasteiger partial charge in [0.25, 0.3) is 0 Å². The molecule has 94 valence electrons. The van der Waals surface area contributed by atoms with Crippen LogP contribution in [0.3, 0.4) is 0 Å². The Morgan fingerprint density at radius 1 is 1.12 bits per heavy atom. The third kappa shape index (κ3) is 4.62. The Kier molecular flexibility index (Phi) is 6.74. The van der Waals surface area contributed by atoms with Crippen LogP contribution in [0.2, 0.25) is 0 Å². The van der Waals surface area contributed by atoms with Crippen LogP contribution in [0.15, 0.2) is 0 Å². The number of hydrogen-bond donors (Lipinski definition) is 0. The molecule has 0 spiro atoms. The molecule has 1 heterocycles. The minimum absolute atomic E-state index is 0.0894. The normalized spacial score (nSPS) is 18.8. The predicted molar refractivity (Wildman–Crippen MR) is 77.2 cm³/mol. The molecule has 0 atom stereocenters. The Morgan fingerprint density at radius 2 is 1.69 bits per heavy atom. The van der Waals surface area contributed by atoms with Gasteiger partial charge in [-0.2, -0.15) is 0 Å². The van der Waals surface area contributed by atoms with E-state index in [2.05, 4.69) is 13.8 Å². The van der Waals surface area contributed by atoms with E-state index in [1.54, 1.807) is 11.8 Å². The van der Waals surface area contributed by atoms with E-state index >= 15 is 0 Å². The molecule has 3 heteroatoms.